The molecule has 0 aromatic heterocycles. The highest BCUT2D eigenvalue weighted by Gasteiger charge is 2.18. The van der Waals surface area contributed by atoms with Crippen molar-refractivity contribution in [3.05, 3.63) is 96.6 Å². The Morgan fingerprint density at radius 2 is 1.33 bits per heavy atom. The van der Waals surface area contributed by atoms with Crippen molar-refractivity contribution in [2.75, 3.05) is 11.5 Å². The summed E-state index contributed by atoms with van der Waals surface area (Å²) in [6.45, 7) is 7.51. The lowest BCUT2D eigenvalue weighted by Gasteiger charge is -2.26. The molecule has 0 bridgehead atoms. The summed E-state index contributed by atoms with van der Waals surface area (Å²) in [5, 5.41) is 9.19. The van der Waals surface area contributed by atoms with Crippen LogP contribution >= 0.6 is 0 Å². The molecule has 154 valence electrons. The molecule has 0 aliphatic carbocycles. The van der Waals surface area contributed by atoms with Crippen LogP contribution in [0.15, 0.2) is 85.5 Å². The highest BCUT2D eigenvalue weighted by molar-refractivity contribution is 5.93. The van der Waals surface area contributed by atoms with Crippen molar-refractivity contribution in [1.29, 1.82) is 0 Å². The van der Waals surface area contributed by atoms with Gasteiger partial charge in [0.2, 0.25) is 0 Å². The number of carbonyl (C=O) groups is 1. The lowest BCUT2D eigenvalue weighted by Crippen LogP contribution is -2.26. The molecule has 30 heavy (non-hydrogen) atoms. The first-order chi connectivity index (χ1) is 14.5. The maximum Gasteiger partial charge on any atom is 0.195 e. The quantitative estimate of drug-likeness (QED) is 0.470. The largest absolute Gasteiger partial charge is 0.482 e. The first-order valence-corrected chi connectivity index (χ1v) is 9.99. The maximum absolute atomic E-state index is 11.9. The van der Waals surface area contributed by atoms with Gasteiger partial charge in [-0.25, -0.2) is 0 Å². The van der Waals surface area contributed by atoms with Gasteiger partial charge in [-0.05, 0) is 68.5 Å². The van der Waals surface area contributed by atoms with Crippen LogP contribution in [-0.4, -0.2) is 23.6 Å². The van der Waals surface area contributed by atoms with Gasteiger partial charge >= 0.3 is 0 Å². The van der Waals surface area contributed by atoms with Gasteiger partial charge in [0.25, 0.3) is 0 Å². The van der Waals surface area contributed by atoms with Crippen LogP contribution in [0.3, 0.4) is 0 Å². The second-order valence-electron chi connectivity index (χ2n) is 7.23. The van der Waals surface area contributed by atoms with Crippen LogP contribution in [0.2, 0.25) is 0 Å². The van der Waals surface area contributed by atoms with Crippen LogP contribution in [-0.2, 0) is 4.79 Å². The molecule has 1 unspecified atom stereocenters. The van der Waals surface area contributed by atoms with Gasteiger partial charge < -0.3 is 14.7 Å². The maximum atomic E-state index is 11.9. The zero-order valence-corrected chi connectivity index (χ0v) is 17.4. The standard InChI is InChI=1S/C26H27NO3/c1-4-25(29)26(17-18-28)30-24-15-13-23(14-16-24)27(21-9-5-19(2)6-10-21)22-11-7-20(3)8-12-22/h4-16,26,28H,1,17-18H2,2-3H3. The molecule has 0 saturated heterocycles. The van der Waals surface area contributed by atoms with Gasteiger partial charge in [-0.1, -0.05) is 42.0 Å². The molecule has 4 heteroatoms. The number of aryl methyl sites for hydroxylation is 2. The topological polar surface area (TPSA) is 49.8 Å². The number of ether oxygens (including phenoxy) is 1. The number of aliphatic hydroxyl groups excluding tert-OH is 1. The van der Waals surface area contributed by atoms with E-state index in [-0.39, 0.29) is 18.8 Å². The Labute approximate surface area is 178 Å². The molecule has 3 rings (SSSR count). The first-order valence-electron chi connectivity index (χ1n) is 9.99. The number of carbonyl (C=O) groups excluding carboxylic acids is 1. The molecule has 3 aromatic rings. The molecule has 0 aliphatic heterocycles. The van der Waals surface area contributed by atoms with Crippen LogP contribution in [0.4, 0.5) is 17.1 Å². The molecule has 0 amide bonds. The monoisotopic (exact) mass is 401 g/mol. The average Bonchev–Trinajstić information content (AvgIpc) is 2.77. The van der Waals surface area contributed by atoms with Gasteiger partial charge in [-0.2, -0.15) is 0 Å². The Bertz CT molecular complexity index is 931. The fourth-order valence-electron chi connectivity index (χ4n) is 3.18. The predicted octanol–water partition coefficient (Wildman–Crippen LogP) is 5.66. The third-order valence-corrected chi connectivity index (χ3v) is 4.87. The van der Waals surface area contributed by atoms with Gasteiger partial charge in [-0.15, -0.1) is 0 Å². The van der Waals surface area contributed by atoms with Crippen molar-refractivity contribution in [2.45, 2.75) is 26.4 Å². The number of hydrogen-bond acceptors (Lipinski definition) is 4. The Kier molecular flexibility index (Phi) is 7.04. The number of ketones is 1. The predicted molar refractivity (Wildman–Crippen MR) is 122 cm³/mol. The van der Waals surface area contributed by atoms with Crippen LogP contribution in [0.25, 0.3) is 0 Å². The fourth-order valence-corrected chi connectivity index (χ4v) is 3.18. The van der Waals surface area contributed by atoms with Gasteiger partial charge in [0.15, 0.2) is 11.9 Å². The summed E-state index contributed by atoms with van der Waals surface area (Å²) in [7, 11) is 0. The summed E-state index contributed by atoms with van der Waals surface area (Å²) in [5.41, 5.74) is 5.49. The second-order valence-corrected chi connectivity index (χ2v) is 7.23. The molecule has 0 heterocycles. The Hall–Kier alpha value is -3.37. The Morgan fingerprint density at radius 3 is 1.73 bits per heavy atom. The molecule has 4 nitrogen and oxygen atoms in total. The highest BCUT2D eigenvalue weighted by Crippen LogP contribution is 2.35. The van der Waals surface area contributed by atoms with Crippen LogP contribution < -0.4 is 9.64 Å². The molecular weight excluding hydrogens is 374 g/mol. The number of anilines is 3. The van der Waals surface area contributed by atoms with Gasteiger partial charge in [0, 0.05) is 30.1 Å². The molecule has 1 N–H and O–H groups in total. The van der Waals surface area contributed by atoms with E-state index in [0.717, 1.165) is 17.1 Å². The molecule has 0 aliphatic rings. The average molecular weight is 402 g/mol. The molecule has 0 radical (unpaired) electrons. The van der Waals surface area contributed by atoms with E-state index in [1.54, 1.807) is 0 Å². The zero-order valence-electron chi connectivity index (χ0n) is 17.4. The zero-order chi connectivity index (χ0) is 21.5. The van der Waals surface area contributed by atoms with Crippen molar-refractivity contribution in [3.8, 4) is 5.75 Å². The number of nitrogens with zero attached hydrogens (tertiary/aromatic N) is 1. The summed E-state index contributed by atoms with van der Waals surface area (Å²) >= 11 is 0. The van der Waals surface area contributed by atoms with Crippen molar-refractivity contribution in [3.63, 3.8) is 0 Å². The molecular formula is C26H27NO3. The summed E-state index contributed by atoms with van der Waals surface area (Å²) < 4.78 is 5.79. The first kappa shape index (κ1) is 21.3. The fraction of sp³-hybridized carbons (Fsp3) is 0.192. The summed E-state index contributed by atoms with van der Waals surface area (Å²) in [5.74, 6) is 0.328. The minimum absolute atomic E-state index is 0.128. The minimum Gasteiger partial charge on any atom is -0.482 e. The smallest absolute Gasteiger partial charge is 0.195 e. The number of benzene rings is 3. The van der Waals surface area contributed by atoms with E-state index < -0.39 is 6.10 Å². The highest BCUT2D eigenvalue weighted by atomic mass is 16.5. The van der Waals surface area contributed by atoms with Crippen molar-refractivity contribution >= 4 is 22.8 Å². The van der Waals surface area contributed by atoms with Gasteiger partial charge in [0.05, 0.1) is 0 Å². The number of hydrogen-bond donors (Lipinski definition) is 1. The van der Waals surface area contributed by atoms with Crippen molar-refractivity contribution in [2.24, 2.45) is 0 Å². The van der Waals surface area contributed by atoms with Crippen molar-refractivity contribution < 1.29 is 14.6 Å². The second kappa shape index (κ2) is 9.90. The number of aliphatic hydroxyl groups is 1. The molecule has 0 fully saturated rings. The van der Waals surface area contributed by atoms with E-state index in [1.165, 1.54) is 17.2 Å². The third kappa shape index (κ3) is 5.16. The molecule has 0 saturated carbocycles. The van der Waals surface area contributed by atoms with E-state index in [2.05, 4.69) is 73.9 Å². The number of rotatable bonds is 9. The van der Waals surface area contributed by atoms with Crippen LogP contribution in [0.5, 0.6) is 5.75 Å². The molecule has 1 atom stereocenters. The van der Waals surface area contributed by atoms with Gasteiger partial charge in [0.1, 0.15) is 5.75 Å². The van der Waals surface area contributed by atoms with E-state index in [9.17, 15) is 9.90 Å². The van der Waals surface area contributed by atoms with E-state index in [4.69, 9.17) is 4.74 Å². The van der Waals surface area contributed by atoms with Crippen molar-refractivity contribution in [1.82, 2.24) is 0 Å². The van der Waals surface area contributed by atoms with E-state index in [0.29, 0.717) is 5.75 Å². The Morgan fingerprint density at radius 1 is 0.900 bits per heavy atom. The Balaban J connectivity index is 1.92. The van der Waals surface area contributed by atoms with Crippen LogP contribution in [0, 0.1) is 13.8 Å². The summed E-state index contributed by atoms with van der Waals surface area (Å²) in [6, 6.07) is 24.4. The van der Waals surface area contributed by atoms with Gasteiger partial charge in [-0.3, -0.25) is 4.79 Å². The SMILES string of the molecule is C=CC(=O)C(CCO)Oc1ccc(N(c2ccc(C)cc2)c2ccc(C)cc2)cc1. The summed E-state index contributed by atoms with van der Waals surface area (Å²) in [4.78, 5) is 14.1. The van der Waals surface area contributed by atoms with E-state index in [1.807, 2.05) is 24.3 Å². The lowest BCUT2D eigenvalue weighted by atomic mass is 10.1. The lowest BCUT2D eigenvalue weighted by molar-refractivity contribution is -0.121. The van der Waals surface area contributed by atoms with E-state index >= 15 is 0 Å². The van der Waals surface area contributed by atoms with Crippen LogP contribution in [0.1, 0.15) is 17.5 Å². The molecule has 3 aromatic carbocycles. The minimum atomic E-state index is -0.733. The molecule has 0 spiro atoms. The third-order valence-electron chi connectivity index (χ3n) is 4.87. The summed E-state index contributed by atoms with van der Waals surface area (Å²) in [6.07, 6.45) is 0.722. The normalized spacial score (nSPS) is 11.6.